The molecule has 0 saturated carbocycles. The predicted molar refractivity (Wildman–Crippen MR) is 124 cm³/mol. The van der Waals surface area contributed by atoms with Gasteiger partial charge in [-0.25, -0.2) is 17.8 Å². The molecule has 0 spiro atoms. The van der Waals surface area contributed by atoms with E-state index in [-0.39, 0.29) is 41.9 Å². The van der Waals surface area contributed by atoms with Gasteiger partial charge in [0.15, 0.2) is 17.6 Å². The van der Waals surface area contributed by atoms with Crippen LogP contribution in [0.25, 0.3) is 0 Å². The van der Waals surface area contributed by atoms with Gasteiger partial charge in [0.05, 0.1) is 12.8 Å². The summed E-state index contributed by atoms with van der Waals surface area (Å²) < 4.78 is 39.3. The highest BCUT2D eigenvalue weighted by Crippen LogP contribution is 2.22. The first-order chi connectivity index (χ1) is 13.4. The fourth-order valence-corrected chi connectivity index (χ4v) is 4.99. The van der Waals surface area contributed by atoms with Gasteiger partial charge in [-0.05, 0) is 38.3 Å². The number of aliphatic imine (C=N–C) groups is 1. The van der Waals surface area contributed by atoms with E-state index in [2.05, 4.69) is 20.6 Å². The second-order valence-corrected chi connectivity index (χ2v) is 9.21. The first-order valence-electron chi connectivity index (χ1n) is 9.75. The van der Waals surface area contributed by atoms with E-state index in [1.807, 2.05) is 11.8 Å². The lowest BCUT2D eigenvalue weighted by Gasteiger charge is -2.22. The Morgan fingerprint density at radius 2 is 2.17 bits per heavy atom. The molecule has 164 valence electrons. The van der Waals surface area contributed by atoms with Gasteiger partial charge in [-0.3, -0.25) is 4.99 Å². The lowest BCUT2D eigenvalue weighted by Crippen LogP contribution is -2.45. The Morgan fingerprint density at radius 3 is 2.86 bits per heavy atom. The summed E-state index contributed by atoms with van der Waals surface area (Å²) in [5.41, 5.74) is 0. The van der Waals surface area contributed by atoms with Crippen LogP contribution in [0.4, 0.5) is 10.2 Å². The van der Waals surface area contributed by atoms with Crippen LogP contribution >= 0.6 is 24.0 Å². The summed E-state index contributed by atoms with van der Waals surface area (Å²) in [7, 11) is -3.20. The second kappa shape index (κ2) is 10.7. The van der Waals surface area contributed by atoms with Gasteiger partial charge in [0.1, 0.15) is 0 Å². The van der Waals surface area contributed by atoms with Crippen molar-refractivity contribution in [2.45, 2.75) is 38.3 Å². The summed E-state index contributed by atoms with van der Waals surface area (Å²) in [6.45, 7) is 5.04. The van der Waals surface area contributed by atoms with Crippen molar-refractivity contribution < 1.29 is 12.8 Å². The summed E-state index contributed by atoms with van der Waals surface area (Å²) in [5.74, 6) is 0.727. The third-order valence-corrected chi connectivity index (χ3v) is 6.45. The number of anilines is 1. The molecule has 2 fully saturated rings. The van der Waals surface area contributed by atoms with E-state index in [1.54, 1.807) is 16.6 Å². The number of pyridine rings is 1. The smallest absolute Gasteiger partial charge is 0.211 e. The predicted octanol–water partition coefficient (Wildman–Crippen LogP) is 1.40. The molecule has 2 aliphatic rings. The molecule has 1 aromatic rings. The van der Waals surface area contributed by atoms with E-state index in [4.69, 9.17) is 0 Å². The quantitative estimate of drug-likeness (QED) is 0.322. The molecule has 0 radical (unpaired) electrons. The highest BCUT2D eigenvalue weighted by Gasteiger charge is 2.31. The minimum absolute atomic E-state index is 0. The molecule has 1 aromatic heterocycles. The van der Waals surface area contributed by atoms with Crippen molar-refractivity contribution in [2.24, 2.45) is 4.99 Å². The minimum atomic E-state index is -3.20. The Hall–Kier alpha value is -1.21. The Bertz CT molecular complexity index is 809. The zero-order chi connectivity index (χ0) is 20.1. The molecule has 2 aliphatic heterocycles. The summed E-state index contributed by atoms with van der Waals surface area (Å²) in [6.07, 6.45) is 5.39. The number of hydrogen-bond acceptors (Lipinski definition) is 5. The van der Waals surface area contributed by atoms with Crippen LogP contribution in [0, 0.1) is 5.82 Å². The van der Waals surface area contributed by atoms with Crippen LogP contribution in [0.3, 0.4) is 0 Å². The Labute approximate surface area is 189 Å². The van der Waals surface area contributed by atoms with Crippen molar-refractivity contribution >= 4 is 45.8 Å². The van der Waals surface area contributed by atoms with Gasteiger partial charge in [-0.15, -0.1) is 24.0 Å². The normalized spacial score (nSPS) is 23.1. The number of nitrogens with zero attached hydrogens (tertiary/aromatic N) is 4. The molecular formula is C18H30FIN6O2S. The van der Waals surface area contributed by atoms with Crippen LogP contribution in [0.15, 0.2) is 23.3 Å². The van der Waals surface area contributed by atoms with Crippen LogP contribution in [-0.4, -0.2) is 74.7 Å². The van der Waals surface area contributed by atoms with Gasteiger partial charge >= 0.3 is 0 Å². The molecule has 0 amide bonds. The molecule has 2 saturated heterocycles. The number of nitrogens with one attached hydrogen (secondary N) is 2. The molecule has 11 heteroatoms. The van der Waals surface area contributed by atoms with Crippen LogP contribution < -0.4 is 15.5 Å². The van der Waals surface area contributed by atoms with E-state index in [0.717, 1.165) is 25.8 Å². The van der Waals surface area contributed by atoms with E-state index < -0.39 is 10.0 Å². The van der Waals surface area contributed by atoms with E-state index >= 15 is 0 Å². The molecule has 29 heavy (non-hydrogen) atoms. The van der Waals surface area contributed by atoms with E-state index in [9.17, 15) is 12.8 Å². The molecular weight excluding hydrogens is 510 g/mol. The second-order valence-electron chi connectivity index (χ2n) is 7.27. The number of guanidine groups is 1. The van der Waals surface area contributed by atoms with E-state index in [1.165, 1.54) is 12.3 Å². The monoisotopic (exact) mass is 540 g/mol. The van der Waals surface area contributed by atoms with Gasteiger partial charge < -0.3 is 15.5 Å². The number of rotatable bonds is 6. The molecule has 2 atom stereocenters. The van der Waals surface area contributed by atoms with Gasteiger partial charge in [-0.2, -0.15) is 4.31 Å². The number of sulfonamides is 1. The zero-order valence-electron chi connectivity index (χ0n) is 16.8. The lowest BCUT2D eigenvalue weighted by molar-refractivity contribution is 0.396. The van der Waals surface area contributed by atoms with Crippen LogP contribution in [-0.2, 0) is 10.0 Å². The molecule has 0 aliphatic carbocycles. The molecule has 3 heterocycles. The van der Waals surface area contributed by atoms with Gasteiger partial charge in [0.2, 0.25) is 10.0 Å². The third kappa shape index (κ3) is 6.38. The Morgan fingerprint density at radius 1 is 1.38 bits per heavy atom. The maximum Gasteiger partial charge on any atom is 0.211 e. The molecule has 0 bridgehead atoms. The summed E-state index contributed by atoms with van der Waals surface area (Å²) >= 11 is 0. The van der Waals surface area contributed by atoms with Crippen molar-refractivity contribution in [1.29, 1.82) is 0 Å². The fourth-order valence-electron chi connectivity index (χ4n) is 3.82. The highest BCUT2D eigenvalue weighted by molar-refractivity contribution is 14.0. The van der Waals surface area contributed by atoms with Crippen molar-refractivity contribution in [3.63, 3.8) is 0 Å². The minimum Gasteiger partial charge on any atom is -0.357 e. The SMILES string of the molecule is CCNC(=NC[C@H]1CCCN1S(C)(=O)=O)NC1CCN(c2ncccc2F)C1.I. The lowest BCUT2D eigenvalue weighted by atomic mass is 10.2. The highest BCUT2D eigenvalue weighted by atomic mass is 127. The largest absolute Gasteiger partial charge is 0.357 e. The topological polar surface area (TPSA) is 89.9 Å². The number of hydrogen-bond donors (Lipinski definition) is 2. The molecule has 8 nitrogen and oxygen atoms in total. The zero-order valence-corrected chi connectivity index (χ0v) is 20.0. The molecule has 0 aromatic carbocycles. The maximum atomic E-state index is 14.0. The molecule has 2 N–H and O–H groups in total. The summed E-state index contributed by atoms with van der Waals surface area (Å²) in [4.78, 5) is 10.7. The van der Waals surface area contributed by atoms with Crippen molar-refractivity contribution in [2.75, 3.05) is 43.9 Å². The van der Waals surface area contributed by atoms with Crippen molar-refractivity contribution in [1.82, 2.24) is 19.9 Å². The maximum absolute atomic E-state index is 14.0. The number of halogens is 2. The van der Waals surface area contributed by atoms with Crippen LogP contribution in [0.2, 0.25) is 0 Å². The average molecular weight is 540 g/mol. The number of aromatic nitrogens is 1. The first kappa shape index (κ1) is 24.1. The van der Waals surface area contributed by atoms with Crippen molar-refractivity contribution in [3.8, 4) is 0 Å². The van der Waals surface area contributed by atoms with Crippen LogP contribution in [0.5, 0.6) is 0 Å². The Balaban J connectivity index is 0.00000300. The average Bonchev–Trinajstić information content (AvgIpc) is 3.29. The molecule has 3 rings (SSSR count). The summed E-state index contributed by atoms with van der Waals surface area (Å²) in [6, 6.07) is 3.04. The fraction of sp³-hybridized carbons (Fsp3) is 0.667. The summed E-state index contributed by atoms with van der Waals surface area (Å²) in [5, 5.41) is 6.61. The first-order valence-corrected chi connectivity index (χ1v) is 11.6. The third-order valence-electron chi connectivity index (χ3n) is 5.12. The van der Waals surface area contributed by atoms with Gasteiger partial charge in [0.25, 0.3) is 0 Å². The standard InChI is InChI=1S/C18H29FN6O2S.HI/c1-3-20-18(22-12-15-6-5-10-25(15)28(2,26)27)23-14-8-11-24(13-14)17-16(19)7-4-9-21-17;/h4,7,9,14-15H,3,5-6,8,10-13H2,1-2H3,(H2,20,22,23);1H/t14?,15-;/m1./s1. The molecule has 1 unspecified atom stereocenters. The van der Waals surface area contributed by atoms with Crippen molar-refractivity contribution in [3.05, 3.63) is 24.1 Å². The van der Waals surface area contributed by atoms with E-state index in [0.29, 0.717) is 38.0 Å². The van der Waals surface area contributed by atoms with Gasteiger partial charge in [-0.1, -0.05) is 0 Å². The van der Waals surface area contributed by atoms with Crippen LogP contribution in [0.1, 0.15) is 26.2 Å². The Kier molecular flexibility index (Phi) is 8.89. The van der Waals surface area contributed by atoms with Gasteiger partial charge in [0, 0.05) is 44.5 Å².